The van der Waals surface area contributed by atoms with Crippen LogP contribution < -0.4 is 5.32 Å². The maximum Gasteiger partial charge on any atom is 0.192 e. The van der Waals surface area contributed by atoms with Gasteiger partial charge in [0, 0.05) is 40.3 Å². The Morgan fingerprint density at radius 3 is 2.46 bits per heavy atom. The van der Waals surface area contributed by atoms with Crippen molar-refractivity contribution in [2.75, 3.05) is 0 Å². The van der Waals surface area contributed by atoms with Gasteiger partial charge in [-0.05, 0) is 29.5 Å². The molecule has 0 saturated heterocycles. The smallest absolute Gasteiger partial charge is 0.192 e. The van der Waals surface area contributed by atoms with Crippen molar-refractivity contribution in [3.05, 3.63) is 87.9 Å². The molecule has 1 aliphatic heterocycles. The van der Waals surface area contributed by atoms with Gasteiger partial charge in [-0.25, -0.2) is 4.39 Å². The molecule has 1 heterocycles. The van der Waals surface area contributed by atoms with Crippen LogP contribution in [0.5, 0.6) is 0 Å². The molecule has 3 nitrogen and oxygen atoms in total. The number of fused-ring (bicyclic) bond motifs is 2. The van der Waals surface area contributed by atoms with E-state index < -0.39 is 5.92 Å². The topological polar surface area (TPSA) is 46.2 Å². The number of carbonyl (C=O) groups excluding carboxylic acids is 2. The van der Waals surface area contributed by atoms with E-state index >= 15 is 0 Å². The van der Waals surface area contributed by atoms with E-state index in [4.69, 9.17) is 0 Å². The zero-order valence-electron chi connectivity index (χ0n) is 15.8. The molecule has 0 unspecified atom stereocenters. The third-order valence-electron chi connectivity index (χ3n) is 5.91. The zero-order valence-corrected chi connectivity index (χ0v) is 15.8. The first kappa shape index (κ1) is 17.1. The second kappa shape index (κ2) is 5.74. The van der Waals surface area contributed by atoms with Gasteiger partial charge < -0.3 is 5.32 Å². The molecule has 2 aliphatic carbocycles. The highest BCUT2D eigenvalue weighted by molar-refractivity contribution is 6.23. The molecule has 0 spiro atoms. The molecule has 1 atom stereocenters. The Bertz CT molecular complexity index is 1120. The summed E-state index contributed by atoms with van der Waals surface area (Å²) in [5, 5.41) is 3.43. The van der Waals surface area contributed by atoms with Crippen LogP contribution in [0.3, 0.4) is 0 Å². The van der Waals surface area contributed by atoms with E-state index in [1.54, 1.807) is 12.1 Å². The summed E-state index contributed by atoms with van der Waals surface area (Å²) in [7, 11) is 0. The molecule has 3 aliphatic rings. The van der Waals surface area contributed by atoms with Gasteiger partial charge in [0.1, 0.15) is 5.82 Å². The predicted octanol–water partition coefficient (Wildman–Crippen LogP) is 4.76. The van der Waals surface area contributed by atoms with E-state index in [0.29, 0.717) is 35.1 Å². The first-order valence-electron chi connectivity index (χ1n) is 9.53. The van der Waals surface area contributed by atoms with Gasteiger partial charge in [0.15, 0.2) is 11.6 Å². The maximum atomic E-state index is 14.1. The number of benzene rings is 2. The highest BCUT2D eigenvalue weighted by atomic mass is 19.1. The van der Waals surface area contributed by atoms with Crippen molar-refractivity contribution >= 4 is 17.3 Å². The van der Waals surface area contributed by atoms with Gasteiger partial charge >= 0.3 is 0 Å². The number of allylic oxidation sites excluding steroid dienone is 3. The summed E-state index contributed by atoms with van der Waals surface area (Å²) in [5.41, 5.74) is 4.77. The molecular formula is C24H20FNO2. The summed E-state index contributed by atoms with van der Waals surface area (Å²) in [6.45, 7) is 4.15. The van der Waals surface area contributed by atoms with Crippen molar-refractivity contribution in [1.29, 1.82) is 0 Å². The number of nitrogens with one attached hydrogen (secondary N) is 1. The second-order valence-electron chi connectivity index (χ2n) is 8.61. The fourth-order valence-corrected chi connectivity index (χ4v) is 4.81. The second-order valence-corrected chi connectivity index (χ2v) is 8.61. The summed E-state index contributed by atoms with van der Waals surface area (Å²) in [6.07, 6.45) is 1.14. The van der Waals surface area contributed by atoms with Crippen molar-refractivity contribution < 1.29 is 14.0 Å². The largest absolute Gasteiger partial charge is 0.358 e. The molecule has 0 bridgehead atoms. The zero-order chi connectivity index (χ0) is 19.6. The van der Waals surface area contributed by atoms with Gasteiger partial charge in [-0.15, -0.1) is 0 Å². The van der Waals surface area contributed by atoms with Crippen LogP contribution in [0, 0.1) is 11.2 Å². The number of halogens is 1. The Kier molecular flexibility index (Phi) is 3.51. The van der Waals surface area contributed by atoms with E-state index in [1.807, 2.05) is 24.3 Å². The number of Topliss-reactive ketones (excluding diaryl/α,β-unsaturated/α-hetero) is 2. The Morgan fingerprint density at radius 2 is 1.71 bits per heavy atom. The van der Waals surface area contributed by atoms with Gasteiger partial charge in [-0.3, -0.25) is 9.59 Å². The molecule has 0 saturated carbocycles. The molecule has 1 N–H and O–H groups in total. The summed E-state index contributed by atoms with van der Waals surface area (Å²) >= 11 is 0. The van der Waals surface area contributed by atoms with Crippen LogP contribution in [0.1, 0.15) is 54.1 Å². The summed E-state index contributed by atoms with van der Waals surface area (Å²) in [4.78, 5) is 26.4. The Hall–Kier alpha value is -3.01. The standard InChI is InChI=1S/C24H20FNO2/c1-24(2)11-17-20(18(27)12-24)19(13-6-5-7-14(25)10-13)21-22(26-17)15-8-3-4-9-16(15)23(21)28/h3-10,19,26H,11-12H2,1-2H3/t19-/m1/s1. The fourth-order valence-electron chi connectivity index (χ4n) is 4.81. The highest BCUT2D eigenvalue weighted by Gasteiger charge is 2.46. The summed E-state index contributed by atoms with van der Waals surface area (Å²) in [6, 6.07) is 13.7. The monoisotopic (exact) mass is 373 g/mol. The molecule has 0 amide bonds. The minimum Gasteiger partial charge on any atom is -0.358 e. The predicted molar refractivity (Wildman–Crippen MR) is 105 cm³/mol. The van der Waals surface area contributed by atoms with Gasteiger partial charge in [0.05, 0.1) is 5.70 Å². The van der Waals surface area contributed by atoms with Crippen LogP contribution in [0.25, 0.3) is 5.70 Å². The van der Waals surface area contributed by atoms with E-state index in [-0.39, 0.29) is 22.8 Å². The van der Waals surface area contributed by atoms with E-state index in [9.17, 15) is 14.0 Å². The molecule has 2 aromatic rings. The number of hydrogen-bond acceptors (Lipinski definition) is 3. The Morgan fingerprint density at radius 1 is 0.964 bits per heavy atom. The lowest BCUT2D eigenvalue weighted by Crippen LogP contribution is -2.37. The molecule has 0 aromatic heterocycles. The fraction of sp³-hybridized carbons (Fsp3) is 0.250. The minimum absolute atomic E-state index is 0.0308. The number of hydrogen-bond donors (Lipinski definition) is 1. The Labute approximate surface area is 163 Å². The summed E-state index contributed by atoms with van der Waals surface area (Å²) in [5.74, 6) is -0.961. The number of rotatable bonds is 1. The van der Waals surface area contributed by atoms with Gasteiger partial charge in [-0.2, -0.15) is 0 Å². The molecule has 2 aromatic carbocycles. The quantitative estimate of drug-likeness (QED) is 0.784. The third kappa shape index (κ3) is 2.40. The molecule has 140 valence electrons. The normalized spacial score (nSPS) is 22.6. The molecule has 28 heavy (non-hydrogen) atoms. The first-order chi connectivity index (χ1) is 13.4. The van der Waals surface area contributed by atoms with Crippen LogP contribution in [0.15, 0.2) is 65.4 Å². The SMILES string of the molecule is CC1(C)CC(=O)C2=C(C1)NC1=C(C(=O)c3ccccc31)[C@@H]2c1cccc(F)c1. The van der Waals surface area contributed by atoms with Crippen molar-refractivity contribution in [2.45, 2.75) is 32.6 Å². The molecule has 5 rings (SSSR count). The van der Waals surface area contributed by atoms with Crippen molar-refractivity contribution in [1.82, 2.24) is 5.32 Å². The molecular weight excluding hydrogens is 353 g/mol. The average molecular weight is 373 g/mol. The summed E-state index contributed by atoms with van der Waals surface area (Å²) < 4.78 is 14.1. The molecule has 0 radical (unpaired) electrons. The lowest BCUT2D eigenvalue weighted by atomic mass is 9.68. The number of ketones is 2. The van der Waals surface area contributed by atoms with Crippen molar-refractivity contribution in [3.63, 3.8) is 0 Å². The van der Waals surface area contributed by atoms with Crippen LogP contribution in [-0.2, 0) is 4.79 Å². The number of carbonyl (C=O) groups is 2. The lowest BCUT2D eigenvalue weighted by Gasteiger charge is -2.39. The molecule has 4 heteroatoms. The van der Waals surface area contributed by atoms with Gasteiger partial charge in [-0.1, -0.05) is 50.2 Å². The molecule has 0 fully saturated rings. The van der Waals surface area contributed by atoms with Crippen molar-refractivity contribution in [2.24, 2.45) is 5.41 Å². The Balaban J connectivity index is 1.76. The van der Waals surface area contributed by atoms with E-state index in [2.05, 4.69) is 19.2 Å². The highest BCUT2D eigenvalue weighted by Crippen LogP contribution is 2.51. The van der Waals surface area contributed by atoms with Crippen molar-refractivity contribution in [3.8, 4) is 0 Å². The van der Waals surface area contributed by atoms with Gasteiger partial charge in [0.25, 0.3) is 0 Å². The van der Waals surface area contributed by atoms with E-state index in [0.717, 1.165) is 17.0 Å². The maximum absolute atomic E-state index is 14.1. The van der Waals surface area contributed by atoms with E-state index in [1.165, 1.54) is 12.1 Å². The first-order valence-corrected chi connectivity index (χ1v) is 9.53. The average Bonchev–Trinajstić information content (AvgIpc) is 2.92. The minimum atomic E-state index is -0.537. The van der Waals surface area contributed by atoms with Gasteiger partial charge in [0.2, 0.25) is 0 Å². The number of dihydropyridines is 1. The van der Waals surface area contributed by atoms with Crippen LogP contribution in [0.4, 0.5) is 4.39 Å². The van der Waals surface area contributed by atoms with Crippen LogP contribution in [-0.4, -0.2) is 11.6 Å². The van der Waals surface area contributed by atoms with Crippen LogP contribution >= 0.6 is 0 Å². The third-order valence-corrected chi connectivity index (χ3v) is 5.91. The van der Waals surface area contributed by atoms with Crippen LogP contribution in [0.2, 0.25) is 0 Å². The lowest BCUT2D eigenvalue weighted by molar-refractivity contribution is -0.118.